The summed E-state index contributed by atoms with van der Waals surface area (Å²) in [5.74, 6) is 7.66. The van der Waals surface area contributed by atoms with E-state index >= 15 is 0 Å². The Morgan fingerprint density at radius 3 is 2.49 bits per heavy atom. The van der Waals surface area contributed by atoms with Gasteiger partial charge in [0.25, 0.3) is 0 Å². The molecule has 0 amide bonds. The Hall–Kier alpha value is -3.87. The van der Waals surface area contributed by atoms with E-state index in [1.807, 2.05) is 30.3 Å². The molecule has 1 aliphatic rings. The quantitative estimate of drug-likeness (QED) is 0.299. The highest BCUT2D eigenvalue weighted by Gasteiger charge is 2.28. The third kappa shape index (κ3) is 4.85. The number of hydrogen-bond acceptors (Lipinski definition) is 2. The molecule has 0 saturated heterocycles. The lowest BCUT2D eigenvalue weighted by atomic mass is 9.92. The summed E-state index contributed by atoms with van der Waals surface area (Å²) in [6, 6.07) is 27.8. The summed E-state index contributed by atoms with van der Waals surface area (Å²) in [6.07, 6.45) is 0. The molecule has 35 heavy (non-hydrogen) atoms. The van der Waals surface area contributed by atoms with E-state index in [9.17, 15) is 4.39 Å². The molecule has 0 aliphatic carbocycles. The molecule has 0 radical (unpaired) electrons. The van der Waals surface area contributed by atoms with Gasteiger partial charge in [0.1, 0.15) is 11.6 Å². The van der Waals surface area contributed by atoms with Crippen molar-refractivity contribution in [3.8, 4) is 28.7 Å². The monoisotopic (exact) mass is 461 g/mol. The van der Waals surface area contributed by atoms with E-state index < -0.39 is 0 Å². The van der Waals surface area contributed by atoms with Crippen molar-refractivity contribution in [2.24, 2.45) is 0 Å². The van der Waals surface area contributed by atoms with Gasteiger partial charge in [-0.25, -0.2) is 4.39 Å². The first kappa shape index (κ1) is 22.9. The summed E-state index contributed by atoms with van der Waals surface area (Å²) in [7, 11) is 1.68. The van der Waals surface area contributed by atoms with Crippen LogP contribution >= 0.6 is 0 Å². The molecular formula is C32H28FNO. The molecule has 5 rings (SSSR count). The van der Waals surface area contributed by atoms with Crippen molar-refractivity contribution in [1.29, 1.82) is 0 Å². The second kappa shape index (κ2) is 9.78. The molecule has 0 saturated carbocycles. The number of ether oxygens (including phenoxy) is 1. The number of hydrogen-bond donors (Lipinski definition) is 0. The molecule has 4 aromatic rings. The van der Waals surface area contributed by atoms with Crippen LogP contribution in [0.15, 0.2) is 84.9 Å². The van der Waals surface area contributed by atoms with Gasteiger partial charge in [0.05, 0.1) is 13.2 Å². The van der Waals surface area contributed by atoms with Crippen molar-refractivity contribution >= 4 is 0 Å². The number of aryl methyl sites for hydroxylation is 2. The summed E-state index contributed by atoms with van der Waals surface area (Å²) in [4.78, 5) is 2.38. The Kier molecular flexibility index (Phi) is 6.40. The standard InChI is InChI=1S/C32H28FNO/c1-22-8-16-29-31(18-22)30-19-27(33)13-11-26(30)21-34(20-24-9-14-28(35-3)15-10-24)32(29)17-12-25-7-5-4-6-23(25)2/h4-11,13-16,18-19,32H,20-21H2,1-3H3. The van der Waals surface area contributed by atoms with Gasteiger partial charge in [-0.2, -0.15) is 0 Å². The maximum Gasteiger partial charge on any atom is 0.123 e. The lowest BCUT2D eigenvalue weighted by molar-refractivity contribution is 0.222. The minimum absolute atomic E-state index is 0.150. The fraction of sp³-hybridized carbons (Fsp3) is 0.188. The van der Waals surface area contributed by atoms with Crippen LogP contribution in [0.25, 0.3) is 11.1 Å². The molecule has 4 aromatic carbocycles. The summed E-state index contributed by atoms with van der Waals surface area (Å²) in [6.45, 7) is 5.54. The summed E-state index contributed by atoms with van der Waals surface area (Å²) in [5.41, 5.74) is 8.72. The highest BCUT2D eigenvalue weighted by molar-refractivity contribution is 5.74. The van der Waals surface area contributed by atoms with E-state index in [0.717, 1.165) is 44.7 Å². The van der Waals surface area contributed by atoms with E-state index in [4.69, 9.17) is 4.74 Å². The van der Waals surface area contributed by atoms with Gasteiger partial charge in [0.2, 0.25) is 0 Å². The summed E-state index contributed by atoms with van der Waals surface area (Å²) < 4.78 is 19.7. The third-order valence-corrected chi connectivity index (χ3v) is 6.64. The molecule has 0 aromatic heterocycles. The van der Waals surface area contributed by atoms with E-state index in [2.05, 4.69) is 73.1 Å². The van der Waals surface area contributed by atoms with Crippen LogP contribution in [0.2, 0.25) is 0 Å². The number of rotatable bonds is 3. The van der Waals surface area contributed by atoms with Crippen LogP contribution < -0.4 is 4.74 Å². The molecule has 174 valence electrons. The van der Waals surface area contributed by atoms with Crippen molar-refractivity contribution in [1.82, 2.24) is 4.90 Å². The summed E-state index contributed by atoms with van der Waals surface area (Å²) in [5, 5.41) is 0. The largest absolute Gasteiger partial charge is 0.497 e. The van der Waals surface area contributed by atoms with E-state index in [-0.39, 0.29) is 11.9 Å². The van der Waals surface area contributed by atoms with E-state index in [1.165, 1.54) is 5.56 Å². The molecule has 1 unspecified atom stereocenters. The van der Waals surface area contributed by atoms with Crippen molar-refractivity contribution in [3.63, 3.8) is 0 Å². The third-order valence-electron chi connectivity index (χ3n) is 6.64. The van der Waals surface area contributed by atoms with Crippen LogP contribution in [0.4, 0.5) is 4.39 Å². The lowest BCUT2D eigenvalue weighted by Crippen LogP contribution is -2.26. The Morgan fingerprint density at radius 2 is 1.71 bits per heavy atom. The smallest absolute Gasteiger partial charge is 0.123 e. The highest BCUT2D eigenvalue weighted by atomic mass is 19.1. The van der Waals surface area contributed by atoms with Crippen molar-refractivity contribution < 1.29 is 9.13 Å². The van der Waals surface area contributed by atoms with Gasteiger partial charge in [0.15, 0.2) is 0 Å². The Balaban J connectivity index is 1.66. The number of halogens is 1. The zero-order valence-corrected chi connectivity index (χ0v) is 20.3. The fourth-order valence-electron chi connectivity index (χ4n) is 4.73. The molecule has 0 fully saturated rings. The first-order valence-electron chi connectivity index (χ1n) is 11.9. The van der Waals surface area contributed by atoms with Crippen LogP contribution in [-0.2, 0) is 13.1 Å². The normalized spacial score (nSPS) is 14.8. The van der Waals surface area contributed by atoms with Crippen LogP contribution in [0.5, 0.6) is 5.75 Å². The molecule has 2 nitrogen and oxygen atoms in total. The lowest BCUT2D eigenvalue weighted by Gasteiger charge is -2.28. The average Bonchev–Trinajstić information content (AvgIpc) is 2.98. The van der Waals surface area contributed by atoms with Crippen LogP contribution in [0, 0.1) is 31.5 Å². The van der Waals surface area contributed by atoms with E-state index in [1.54, 1.807) is 19.2 Å². The molecule has 1 heterocycles. The number of nitrogens with zero attached hydrogens (tertiary/aromatic N) is 1. The van der Waals surface area contributed by atoms with E-state index in [0.29, 0.717) is 13.1 Å². The zero-order valence-electron chi connectivity index (χ0n) is 20.3. The maximum atomic E-state index is 14.4. The fourth-order valence-corrected chi connectivity index (χ4v) is 4.73. The Bertz CT molecular complexity index is 1430. The van der Waals surface area contributed by atoms with Gasteiger partial charge in [-0.15, -0.1) is 0 Å². The first-order chi connectivity index (χ1) is 17.0. The van der Waals surface area contributed by atoms with Gasteiger partial charge in [-0.3, -0.25) is 4.90 Å². The SMILES string of the molecule is COc1ccc(CN2Cc3ccc(F)cc3-c3cc(C)ccc3C2C#Cc2ccccc2C)cc1. The first-order valence-corrected chi connectivity index (χ1v) is 11.9. The van der Waals surface area contributed by atoms with Crippen molar-refractivity contribution in [2.45, 2.75) is 33.0 Å². The topological polar surface area (TPSA) is 12.5 Å². The van der Waals surface area contributed by atoms with Crippen LogP contribution in [0.3, 0.4) is 0 Å². The molecule has 3 heteroatoms. The minimum atomic E-state index is -0.220. The predicted molar refractivity (Wildman–Crippen MR) is 140 cm³/mol. The van der Waals surface area contributed by atoms with Crippen LogP contribution in [0.1, 0.15) is 39.4 Å². The molecule has 1 atom stereocenters. The van der Waals surface area contributed by atoms with Crippen LogP contribution in [-0.4, -0.2) is 12.0 Å². The Morgan fingerprint density at radius 1 is 0.914 bits per heavy atom. The molecule has 1 aliphatic heterocycles. The molecule has 0 N–H and O–H groups in total. The molecule has 0 bridgehead atoms. The second-order valence-electron chi connectivity index (χ2n) is 9.13. The van der Waals surface area contributed by atoms with Crippen molar-refractivity contribution in [2.75, 3.05) is 7.11 Å². The van der Waals surface area contributed by atoms with Gasteiger partial charge in [-0.1, -0.05) is 72.0 Å². The number of benzene rings is 4. The van der Waals surface area contributed by atoms with Gasteiger partial charge in [0, 0.05) is 18.7 Å². The maximum absolute atomic E-state index is 14.4. The van der Waals surface area contributed by atoms with Gasteiger partial charge >= 0.3 is 0 Å². The predicted octanol–water partition coefficient (Wildman–Crippen LogP) is 7.23. The number of fused-ring (bicyclic) bond motifs is 3. The molecule has 0 spiro atoms. The average molecular weight is 462 g/mol. The van der Waals surface area contributed by atoms with Gasteiger partial charge in [-0.05, 0) is 77.6 Å². The molecular weight excluding hydrogens is 433 g/mol. The minimum Gasteiger partial charge on any atom is -0.497 e. The van der Waals surface area contributed by atoms with Crippen molar-refractivity contribution in [3.05, 3.63) is 124 Å². The second-order valence-corrected chi connectivity index (χ2v) is 9.13. The van der Waals surface area contributed by atoms with Gasteiger partial charge < -0.3 is 4.74 Å². The summed E-state index contributed by atoms with van der Waals surface area (Å²) >= 11 is 0. The highest BCUT2D eigenvalue weighted by Crippen LogP contribution is 2.40. The number of methoxy groups -OCH3 is 1. The Labute approximate surface area is 207 Å². The zero-order chi connectivity index (χ0) is 24.4.